The molecule has 0 fully saturated rings. The Labute approximate surface area is 129 Å². The maximum atomic E-state index is 4.55. The highest BCUT2D eigenvalue weighted by Crippen LogP contribution is 2.20. The molecule has 0 bridgehead atoms. The third kappa shape index (κ3) is 3.40. The number of rotatable bonds is 6. The van der Waals surface area contributed by atoms with Crippen LogP contribution in [0.2, 0.25) is 0 Å². The van der Waals surface area contributed by atoms with E-state index in [0.717, 1.165) is 30.9 Å². The largest absolute Gasteiger partial charge is 0.311 e. The maximum absolute atomic E-state index is 4.55. The van der Waals surface area contributed by atoms with E-state index in [2.05, 4.69) is 26.7 Å². The highest BCUT2D eigenvalue weighted by Gasteiger charge is 2.09. The predicted molar refractivity (Wildman–Crippen MR) is 85.1 cm³/mol. The quantitative estimate of drug-likeness (QED) is 0.704. The first kappa shape index (κ1) is 14.5. The molecule has 0 aliphatic rings. The van der Waals surface area contributed by atoms with Crippen LogP contribution in [0.15, 0.2) is 43.1 Å². The van der Waals surface area contributed by atoms with Gasteiger partial charge in [-0.2, -0.15) is 10.2 Å². The summed E-state index contributed by atoms with van der Waals surface area (Å²) < 4.78 is 3.80. The zero-order chi connectivity index (χ0) is 15.4. The van der Waals surface area contributed by atoms with Crippen LogP contribution >= 0.6 is 0 Å². The number of aryl methyl sites for hydroxylation is 2. The summed E-state index contributed by atoms with van der Waals surface area (Å²) >= 11 is 0. The summed E-state index contributed by atoms with van der Waals surface area (Å²) in [6, 6.07) is 3.97. The minimum atomic E-state index is 0.783. The SMILES string of the molecule is Cc1cnn(CCNCc2cn(C)nc2-c2ccncc2)c1. The molecule has 3 aromatic rings. The van der Waals surface area contributed by atoms with Crippen molar-refractivity contribution in [2.45, 2.75) is 20.0 Å². The molecule has 6 nitrogen and oxygen atoms in total. The van der Waals surface area contributed by atoms with Crippen molar-refractivity contribution in [3.8, 4) is 11.3 Å². The van der Waals surface area contributed by atoms with Crippen LogP contribution in [0.1, 0.15) is 11.1 Å². The Kier molecular flexibility index (Phi) is 4.29. The van der Waals surface area contributed by atoms with Gasteiger partial charge in [0.15, 0.2) is 0 Å². The first-order valence-electron chi connectivity index (χ1n) is 7.35. The van der Waals surface area contributed by atoms with E-state index in [1.54, 1.807) is 12.4 Å². The van der Waals surface area contributed by atoms with E-state index in [1.807, 2.05) is 47.9 Å². The first-order chi connectivity index (χ1) is 10.7. The van der Waals surface area contributed by atoms with Crippen LogP contribution in [0.5, 0.6) is 0 Å². The van der Waals surface area contributed by atoms with Crippen molar-refractivity contribution in [1.29, 1.82) is 0 Å². The summed E-state index contributed by atoms with van der Waals surface area (Å²) in [7, 11) is 1.95. The van der Waals surface area contributed by atoms with Gasteiger partial charge in [0.25, 0.3) is 0 Å². The minimum Gasteiger partial charge on any atom is -0.311 e. The lowest BCUT2D eigenvalue weighted by Gasteiger charge is -2.05. The normalized spacial score (nSPS) is 11.0. The van der Waals surface area contributed by atoms with E-state index in [4.69, 9.17) is 0 Å². The highest BCUT2D eigenvalue weighted by atomic mass is 15.3. The average molecular weight is 296 g/mol. The topological polar surface area (TPSA) is 60.6 Å². The third-order valence-corrected chi connectivity index (χ3v) is 3.45. The summed E-state index contributed by atoms with van der Waals surface area (Å²) in [5.74, 6) is 0. The van der Waals surface area contributed by atoms with Gasteiger partial charge in [0, 0.05) is 56.1 Å². The van der Waals surface area contributed by atoms with Crippen molar-refractivity contribution in [3.63, 3.8) is 0 Å². The Bertz CT molecular complexity index is 728. The Morgan fingerprint density at radius 1 is 1.18 bits per heavy atom. The fourth-order valence-corrected chi connectivity index (χ4v) is 2.43. The van der Waals surface area contributed by atoms with Crippen LogP contribution in [-0.4, -0.2) is 31.1 Å². The Morgan fingerprint density at radius 3 is 2.73 bits per heavy atom. The van der Waals surface area contributed by atoms with Crippen molar-refractivity contribution in [3.05, 3.63) is 54.2 Å². The molecule has 0 saturated heterocycles. The molecule has 0 unspecified atom stereocenters. The first-order valence-corrected chi connectivity index (χ1v) is 7.35. The van der Waals surface area contributed by atoms with Gasteiger partial charge < -0.3 is 5.32 Å². The molecule has 0 atom stereocenters. The maximum Gasteiger partial charge on any atom is 0.0969 e. The van der Waals surface area contributed by atoms with E-state index in [9.17, 15) is 0 Å². The van der Waals surface area contributed by atoms with E-state index in [1.165, 1.54) is 11.1 Å². The van der Waals surface area contributed by atoms with Crippen molar-refractivity contribution >= 4 is 0 Å². The summed E-state index contributed by atoms with van der Waals surface area (Å²) in [6.45, 7) is 4.56. The lowest BCUT2D eigenvalue weighted by Crippen LogP contribution is -2.19. The lowest BCUT2D eigenvalue weighted by molar-refractivity contribution is 0.555. The Balaban J connectivity index is 1.61. The summed E-state index contributed by atoms with van der Waals surface area (Å²) in [5.41, 5.74) is 4.47. The van der Waals surface area contributed by atoms with Gasteiger partial charge in [-0.25, -0.2) is 0 Å². The van der Waals surface area contributed by atoms with Gasteiger partial charge in [-0.05, 0) is 24.6 Å². The second-order valence-electron chi connectivity index (χ2n) is 5.37. The molecule has 0 spiro atoms. The summed E-state index contributed by atoms with van der Waals surface area (Å²) in [4.78, 5) is 4.06. The zero-order valence-corrected chi connectivity index (χ0v) is 12.9. The van der Waals surface area contributed by atoms with Crippen molar-refractivity contribution in [2.24, 2.45) is 7.05 Å². The number of pyridine rings is 1. The Morgan fingerprint density at radius 2 is 2.00 bits per heavy atom. The number of hydrogen-bond acceptors (Lipinski definition) is 4. The molecule has 3 heterocycles. The van der Waals surface area contributed by atoms with Crippen LogP contribution in [0.4, 0.5) is 0 Å². The van der Waals surface area contributed by atoms with Crippen LogP contribution in [-0.2, 0) is 20.1 Å². The second-order valence-corrected chi connectivity index (χ2v) is 5.37. The predicted octanol–water partition coefficient (Wildman–Crippen LogP) is 1.78. The number of hydrogen-bond donors (Lipinski definition) is 1. The molecule has 0 radical (unpaired) electrons. The van der Waals surface area contributed by atoms with Crippen molar-refractivity contribution < 1.29 is 0 Å². The molecule has 6 heteroatoms. The zero-order valence-electron chi connectivity index (χ0n) is 12.9. The minimum absolute atomic E-state index is 0.783. The van der Waals surface area contributed by atoms with E-state index in [0.29, 0.717) is 0 Å². The fourth-order valence-electron chi connectivity index (χ4n) is 2.43. The second kappa shape index (κ2) is 6.53. The summed E-state index contributed by atoms with van der Waals surface area (Å²) in [5, 5.41) is 12.3. The molecule has 1 N–H and O–H groups in total. The molecular formula is C16H20N6. The number of nitrogens with one attached hydrogen (secondary N) is 1. The molecule has 0 aromatic carbocycles. The average Bonchev–Trinajstić information content (AvgIpc) is 3.10. The van der Waals surface area contributed by atoms with E-state index < -0.39 is 0 Å². The van der Waals surface area contributed by atoms with Crippen LogP contribution in [0.3, 0.4) is 0 Å². The van der Waals surface area contributed by atoms with Gasteiger partial charge in [0.05, 0.1) is 18.4 Å². The van der Waals surface area contributed by atoms with Crippen molar-refractivity contribution in [2.75, 3.05) is 6.54 Å². The van der Waals surface area contributed by atoms with Crippen LogP contribution in [0, 0.1) is 6.92 Å². The van der Waals surface area contributed by atoms with Gasteiger partial charge in [-0.15, -0.1) is 0 Å². The summed E-state index contributed by atoms with van der Waals surface area (Å²) in [6.07, 6.45) is 9.57. The van der Waals surface area contributed by atoms with Crippen LogP contribution < -0.4 is 5.32 Å². The smallest absolute Gasteiger partial charge is 0.0969 e. The molecule has 114 valence electrons. The fraction of sp³-hybridized carbons (Fsp3) is 0.312. The van der Waals surface area contributed by atoms with Gasteiger partial charge in [0.2, 0.25) is 0 Å². The molecular weight excluding hydrogens is 276 g/mol. The third-order valence-electron chi connectivity index (χ3n) is 3.45. The highest BCUT2D eigenvalue weighted by molar-refractivity contribution is 5.61. The molecule has 0 aliphatic carbocycles. The molecule has 3 aromatic heterocycles. The molecule has 0 aliphatic heterocycles. The molecule has 0 amide bonds. The molecule has 0 saturated carbocycles. The monoisotopic (exact) mass is 296 g/mol. The van der Waals surface area contributed by atoms with Gasteiger partial charge in [-0.1, -0.05) is 0 Å². The molecule has 3 rings (SSSR count). The van der Waals surface area contributed by atoms with Gasteiger partial charge in [-0.3, -0.25) is 14.3 Å². The van der Waals surface area contributed by atoms with Crippen LogP contribution in [0.25, 0.3) is 11.3 Å². The Hall–Kier alpha value is -2.47. The molecule has 22 heavy (non-hydrogen) atoms. The van der Waals surface area contributed by atoms with E-state index >= 15 is 0 Å². The number of nitrogens with zero attached hydrogens (tertiary/aromatic N) is 5. The van der Waals surface area contributed by atoms with Gasteiger partial charge in [0.1, 0.15) is 0 Å². The standard InChI is InChI=1S/C16H20N6/c1-13-9-19-22(11-13)8-7-18-10-15-12-21(2)20-16(15)14-3-5-17-6-4-14/h3-6,9,11-12,18H,7-8,10H2,1-2H3. The van der Waals surface area contributed by atoms with Crippen molar-refractivity contribution in [1.82, 2.24) is 29.9 Å². The van der Waals surface area contributed by atoms with E-state index in [-0.39, 0.29) is 0 Å². The number of aromatic nitrogens is 5. The van der Waals surface area contributed by atoms with Gasteiger partial charge >= 0.3 is 0 Å². The lowest BCUT2D eigenvalue weighted by atomic mass is 10.1.